The zero-order chi connectivity index (χ0) is 16.8. The molecule has 0 aliphatic carbocycles. The van der Waals surface area contributed by atoms with Crippen LogP contribution >= 0.6 is 24.0 Å². The van der Waals surface area contributed by atoms with Gasteiger partial charge in [-0.05, 0) is 29.8 Å². The first-order chi connectivity index (χ1) is 11.0. The van der Waals surface area contributed by atoms with Gasteiger partial charge in [-0.15, -0.1) is 24.0 Å². The third-order valence-electron chi connectivity index (χ3n) is 3.10. The first-order valence-corrected chi connectivity index (χ1v) is 6.80. The number of nitrogens with zero attached hydrogens (tertiary/aromatic N) is 1. The molecule has 0 aliphatic rings. The second-order valence-electron chi connectivity index (χ2n) is 4.68. The van der Waals surface area contributed by atoms with Gasteiger partial charge in [-0.3, -0.25) is 0 Å². The molecule has 0 heterocycles. The molecule has 0 aliphatic heterocycles. The van der Waals surface area contributed by atoms with E-state index in [4.69, 9.17) is 20.3 Å². The summed E-state index contributed by atoms with van der Waals surface area (Å²) in [6, 6.07) is 9.29. The first-order valence-electron chi connectivity index (χ1n) is 6.80. The van der Waals surface area contributed by atoms with Crippen molar-refractivity contribution < 1.29 is 19.0 Å². The van der Waals surface area contributed by atoms with Crippen LogP contribution in [0.3, 0.4) is 0 Å². The zero-order valence-corrected chi connectivity index (χ0v) is 15.6. The predicted molar refractivity (Wildman–Crippen MR) is 102 cm³/mol. The van der Waals surface area contributed by atoms with Crippen molar-refractivity contribution in [2.45, 2.75) is 6.54 Å². The minimum absolute atomic E-state index is 0. The van der Waals surface area contributed by atoms with E-state index in [0.29, 0.717) is 22.7 Å². The van der Waals surface area contributed by atoms with Crippen molar-refractivity contribution in [3.05, 3.63) is 47.8 Å². The Hall–Kier alpha value is -2.23. The number of aromatic hydroxyl groups is 1. The molecule has 0 radical (unpaired) electrons. The largest absolute Gasteiger partial charge is 0.505 e. The fraction of sp³-hybridized carbons (Fsp3) is 0.188. The van der Waals surface area contributed by atoms with Crippen molar-refractivity contribution in [2.75, 3.05) is 19.5 Å². The molecule has 0 unspecified atom stereocenters. The van der Waals surface area contributed by atoms with E-state index in [1.165, 1.54) is 12.1 Å². The number of hydrogen-bond donors (Lipinski definition) is 3. The van der Waals surface area contributed by atoms with Crippen LogP contribution in [0.1, 0.15) is 5.56 Å². The maximum absolute atomic E-state index is 13.2. The van der Waals surface area contributed by atoms with E-state index in [2.05, 4.69) is 10.3 Å². The third kappa shape index (κ3) is 5.15. The molecule has 24 heavy (non-hydrogen) atoms. The van der Waals surface area contributed by atoms with Gasteiger partial charge < -0.3 is 25.6 Å². The molecule has 0 spiro atoms. The molecule has 2 aromatic rings. The SMILES string of the molecule is COc1ccc(NC(N)=NCc2ccc(O)c(F)c2)cc1OC.I. The van der Waals surface area contributed by atoms with Crippen LogP contribution in [-0.4, -0.2) is 25.3 Å². The Labute approximate surface area is 156 Å². The fourth-order valence-electron chi connectivity index (χ4n) is 1.93. The van der Waals surface area contributed by atoms with Gasteiger partial charge in [0, 0.05) is 11.8 Å². The summed E-state index contributed by atoms with van der Waals surface area (Å²) in [5.74, 6) is 0.253. The number of nitrogens with one attached hydrogen (secondary N) is 1. The first kappa shape index (κ1) is 19.8. The van der Waals surface area contributed by atoms with Crippen LogP contribution in [0.25, 0.3) is 0 Å². The number of phenols is 1. The van der Waals surface area contributed by atoms with Gasteiger partial charge in [0.05, 0.1) is 20.8 Å². The lowest BCUT2D eigenvalue weighted by molar-refractivity contribution is 0.355. The van der Waals surface area contributed by atoms with Gasteiger partial charge in [-0.2, -0.15) is 0 Å². The highest BCUT2D eigenvalue weighted by Crippen LogP contribution is 2.29. The number of ether oxygens (including phenoxy) is 2. The number of hydrogen-bond acceptors (Lipinski definition) is 4. The van der Waals surface area contributed by atoms with E-state index in [9.17, 15) is 4.39 Å². The maximum Gasteiger partial charge on any atom is 0.193 e. The molecule has 0 amide bonds. The number of nitrogens with two attached hydrogens (primary N) is 1. The maximum atomic E-state index is 13.2. The molecule has 130 valence electrons. The number of methoxy groups -OCH3 is 2. The Morgan fingerprint density at radius 2 is 1.88 bits per heavy atom. The number of guanidine groups is 1. The molecule has 4 N–H and O–H groups in total. The van der Waals surface area contributed by atoms with Crippen molar-refractivity contribution in [1.29, 1.82) is 0 Å². The normalized spacial score (nSPS) is 10.7. The van der Waals surface area contributed by atoms with Crippen LogP contribution in [0.2, 0.25) is 0 Å². The second-order valence-corrected chi connectivity index (χ2v) is 4.68. The number of rotatable bonds is 5. The predicted octanol–water partition coefficient (Wildman–Crippen LogP) is 3.09. The monoisotopic (exact) mass is 447 g/mol. The molecule has 2 aromatic carbocycles. The highest BCUT2D eigenvalue weighted by Gasteiger charge is 2.05. The number of halogens is 2. The van der Waals surface area contributed by atoms with E-state index >= 15 is 0 Å². The molecular weight excluding hydrogens is 428 g/mol. The number of anilines is 1. The van der Waals surface area contributed by atoms with Crippen LogP contribution < -0.4 is 20.5 Å². The smallest absolute Gasteiger partial charge is 0.193 e. The highest BCUT2D eigenvalue weighted by atomic mass is 127. The zero-order valence-electron chi connectivity index (χ0n) is 13.2. The third-order valence-corrected chi connectivity index (χ3v) is 3.10. The topological polar surface area (TPSA) is 89.1 Å². The van der Waals surface area contributed by atoms with Gasteiger partial charge in [-0.1, -0.05) is 6.07 Å². The van der Waals surface area contributed by atoms with Crippen molar-refractivity contribution in [1.82, 2.24) is 0 Å². The molecule has 0 fully saturated rings. The van der Waals surface area contributed by atoms with Gasteiger partial charge in [-0.25, -0.2) is 9.38 Å². The number of aliphatic imine (C=N–C) groups is 1. The van der Waals surface area contributed by atoms with E-state index in [-0.39, 0.29) is 36.5 Å². The lowest BCUT2D eigenvalue weighted by Crippen LogP contribution is -2.22. The summed E-state index contributed by atoms with van der Waals surface area (Å²) in [6.45, 7) is 0.184. The van der Waals surface area contributed by atoms with Crippen LogP contribution in [0.15, 0.2) is 41.4 Å². The van der Waals surface area contributed by atoms with Crippen molar-refractivity contribution in [2.24, 2.45) is 10.7 Å². The summed E-state index contributed by atoms with van der Waals surface area (Å²) < 4.78 is 23.6. The van der Waals surface area contributed by atoms with Gasteiger partial charge in [0.25, 0.3) is 0 Å². The molecule has 6 nitrogen and oxygen atoms in total. The molecule has 0 saturated carbocycles. The molecule has 8 heteroatoms. The molecule has 2 rings (SSSR count). The van der Waals surface area contributed by atoms with E-state index in [1.54, 1.807) is 38.5 Å². The molecule has 0 aromatic heterocycles. The Bertz CT molecular complexity index is 726. The average molecular weight is 447 g/mol. The van der Waals surface area contributed by atoms with E-state index < -0.39 is 11.6 Å². The Kier molecular flexibility index (Phi) is 7.56. The minimum Gasteiger partial charge on any atom is -0.505 e. The van der Waals surface area contributed by atoms with Crippen LogP contribution in [-0.2, 0) is 6.54 Å². The van der Waals surface area contributed by atoms with Crippen molar-refractivity contribution >= 4 is 35.6 Å². The molecular formula is C16H19FIN3O3. The van der Waals surface area contributed by atoms with Gasteiger partial charge in [0.2, 0.25) is 0 Å². The Morgan fingerprint density at radius 3 is 2.50 bits per heavy atom. The quantitative estimate of drug-likeness (QED) is 0.373. The summed E-state index contributed by atoms with van der Waals surface area (Å²) in [4.78, 5) is 4.12. The molecule has 0 atom stereocenters. The van der Waals surface area contributed by atoms with Crippen molar-refractivity contribution in [3.8, 4) is 17.2 Å². The summed E-state index contributed by atoms with van der Waals surface area (Å²) in [6.07, 6.45) is 0. The highest BCUT2D eigenvalue weighted by molar-refractivity contribution is 14.0. The van der Waals surface area contributed by atoms with Gasteiger partial charge in [0.15, 0.2) is 29.0 Å². The van der Waals surface area contributed by atoms with Crippen LogP contribution in [0, 0.1) is 5.82 Å². The Morgan fingerprint density at radius 1 is 1.17 bits per heavy atom. The standard InChI is InChI=1S/C16H18FN3O3.HI/c1-22-14-6-4-11(8-15(14)23-2)20-16(18)19-9-10-3-5-13(21)12(17)7-10;/h3-8,21H,9H2,1-2H3,(H3,18,19,20);1H. The lowest BCUT2D eigenvalue weighted by atomic mass is 10.2. The van der Waals surface area contributed by atoms with E-state index in [1.807, 2.05) is 0 Å². The van der Waals surface area contributed by atoms with Crippen LogP contribution in [0.4, 0.5) is 10.1 Å². The fourth-order valence-corrected chi connectivity index (χ4v) is 1.93. The summed E-state index contributed by atoms with van der Waals surface area (Å²) >= 11 is 0. The van der Waals surface area contributed by atoms with Gasteiger partial charge >= 0.3 is 0 Å². The minimum atomic E-state index is -0.691. The Balaban J connectivity index is 0.00000288. The summed E-state index contributed by atoms with van der Waals surface area (Å²) in [7, 11) is 3.09. The number of benzene rings is 2. The lowest BCUT2D eigenvalue weighted by Gasteiger charge is -2.11. The van der Waals surface area contributed by atoms with Gasteiger partial charge in [0.1, 0.15) is 0 Å². The average Bonchev–Trinajstić information content (AvgIpc) is 2.55. The second kappa shape index (κ2) is 9.16. The number of phenolic OH excluding ortho intramolecular Hbond substituents is 1. The van der Waals surface area contributed by atoms with Crippen molar-refractivity contribution in [3.63, 3.8) is 0 Å². The molecule has 0 saturated heterocycles. The van der Waals surface area contributed by atoms with E-state index in [0.717, 1.165) is 0 Å². The summed E-state index contributed by atoms with van der Waals surface area (Å²) in [5, 5.41) is 12.1. The summed E-state index contributed by atoms with van der Waals surface area (Å²) in [5.41, 5.74) is 7.08. The molecule has 0 bridgehead atoms. The van der Waals surface area contributed by atoms with Crippen LogP contribution in [0.5, 0.6) is 17.2 Å².